The monoisotopic (exact) mass is 407 g/mol. The van der Waals surface area contributed by atoms with E-state index >= 15 is 0 Å². The van der Waals surface area contributed by atoms with Crippen LogP contribution in [0.5, 0.6) is 0 Å². The van der Waals surface area contributed by atoms with Crippen molar-refractivity contribution >= 4 is 11.8 Å². The molecule has 1 aromatic heterocycles. The van der Waals surface area contributed by atoms with Crippen LogP contribution < -0.4 is 0 Å². The molecule has 2 unspecified atom stereocenters. The van der Waals surface area contributed by atoms with Gasteiger partial charge in [0.05, 0.1) is 18.5 Å². The minimum absolute atomic E-state index is 0.0331. The van der Waals surface area contributed by atoms with Crippen LogP contribution in [0.4, 0.5) is 13.2 Å². The smallest absolute Gasteiger partial charge is 0.338 e. The molecule has 0 radical (unpaired) electrons. The van der Waals surface area contributed by atoms with Crippen molar-refractivity contribution < 1.29 is 22.8 Å². The lowest BCUT2D eigenvalue weighted by molar-refractivity contribution is -0.148. The number of hydrogen-bond donors (Lipinski definition) is 0. The van der Waals surface area contributed by atoms with Crippen molar-refractivity contribution in [2.24, 2.45) is 5.92 Å². The zero-order valence-electron chi connectivity index (χ0n) is 16.0. The summed E-state index contributed by atoms with van der Waals surface area (Å²) in [5.74, 6) is -1.93. The van der Waals surface area contributed by atoms with Gasteiger partial charge in [0, 0.05) is 26.6 Å². The highest BCUT2D eigenvalue weighted by Gasteiger charge is 2.45. The molecule has 0 aliphatic carbocycles. The van der Waals surface area contributed by atoms with Gasteiger partial charge in [-0.2, -0.15) is 13.2 Å². The molecule has 2 aromatic rings. The molecule has 4 rings (SSSR count). The fourth-order valence-electron chi connectivity index (χ4n) is 4.10. The average molecular weight is 407 g/mol. The van der Waals surface area contributed by atoms with Gasteiger partial charge in [0.15, 0.2) is 5.82 Å². The van der Waals surface area contributed by atoms with Crippen LogP contribution in [-0.4, -0.2) is 50.0 Å². The molecule has 0 spiro atoms. The third-order valence-electron chi connectivity index (χ3n) is 5.64. The highest BCUT2D eigenvalue weighted by Crippen LogP contribution is 2.39. The molecule has 7 nitrogen and oxygen atoms in total. The average Bonchev–Trinajstić information content (AvgIpc) is 3.23. The summed E-state index contributed by atoms with van der Waals surface area (Å²) in [6.45, 7) is 1.97. The molecule has 1 saturated heterocycles. The quantitative estimate of drug-likeness (QED) is 0.765. The summed E-state index contributed by atoms with van der Waals surface area (Å²) in [6, 6.07) is 7.25. The molecule has 0 saturated carbocycles. The number of aryl methyl sites for hydroxylation is 1. The van der Waals surface area contributed by atoms with E-state index < -0.39 is 24.0 Å². The Morgan fingerprint density at radius 2 is 1.83 bits per heavy atom. The number of alkyl halides is 3. The SMILES string of the molecule is Cc1ccc(C2C(C(=O)N3CCn4c(nnc4C(F)(F)F)C3)CC(=O)N2C)cc1. The highest BCUT2D eigenvalue weighted by atomic mass is 19.4. The Morgan fingerprint density at radius 3 is 2.48 bits per heavy atom. The van der Waals surface area contributed by atoms with E-state index in [1.807, 2.05) is 31.2 Å². The molecule has 2 amide bonds. The van der Waals surface area contributed by atoms with Gasteiger partial charge in [0.25, 0.3) is 0 Å². The molecule has 1 fully saturated rings. The van der Waals surface area contributed by atoms with Crippen LogP contribution in [0.25, 0.3) is 0 Å². The summed E-state index contributed by atoms with van der Waals surface area (Å²) in [4.78, 5) is 28.6. The number of benzene rings is 1. The van der Waals surface area contributed by atoms with Gasteiger partial charge in [-0.05, 0) is 12.5 Å². The van der Waals surface area contributed by atoms with Crippen LogP contribution in [-0.2, 0) is 28.9 Å². The van der Waals surface area contributed by atoms with E-state index in [0.29, 0.717) is 0 Å². The van der Waals surface area contributed by atoms with Crippen molar-refractivity contribution in [2.45, 2.75) is 38.7 Å². The van der Waals surface area contributed by atoms with E-state index in [4.69, 9.17) is 0 Å². The Balaban J connectivity index is 1.58. The molecule has 2 aliphatic heterocycles. The summed E-state index contributed by atoms with van der Waals surface area (Å²) < 4.78 is 40.1. The maximum Gasteiger partial charge on any atom is 0.451 e. The molecule has 0 bridgehead atoms. The molecule has 1 aromatic carbocycles. The van der Waals surface area contributed by atoms with Gasteiger partial charge >= 0.3 is 6.18 Å². The first-order valence-electron chi connectivity index (χ1n) is 9.27. The molecule has 2 atom stereocenters. The molecule has 29 heavy (non-hydrogen) atoms. The number of carbonyl (C=O) groups is 2. The summed E-state index contributed by atoms with van der Waals surface area (Å²) in [5.41, 5.74) is 1.93. The number of aromatic nitrogens is 3. The standard InChI is InChI=1S/C19H20F3N5O2/c1-11-3-5-12(6-4-11)16-13(9-15(28)25(16)2)17(29)26-7-8-27-14(10-26)23-24-18(27)19(20,21)22/h3-6,13,16H,7-10H2,1-2H3. The molecule has 0 N–H and O–H groups in total. The number of likely N-dealkylation sites (tertiary alicyclic amines) is 1. The summed E-state index contributed by atoms with van der Waals surface area (Å²) in [5, 5.41) is 6.86. The Bertz CT molecular complexity index is 954. The van der Waals surface area contributed by atoms with Gasteiger partial charge in [-0.25, -0.2) is 0 Å². The first-order chi connectivity index (χ1) is 13.7. The van der Waals surface area contributed by atoms with Gasteiger partial charge in [0.1, 0.15) is 0 Å². The Kier molecular flexibility index (Phi) is 4.59. The van der Waals surface area contributed by atoms with E-state index in [9.17, 15) is 22.8 Å². The number of rotatable bonds is 2. The van der Waals surface area contributed by atoms with Crippen molar-refractivity contribution in [2.75, 3.05) is 13.6 Å². The predicted octanol–water partition coefficient (Wildman–Crippen LogP) is 2.17. The molecule has 154 valence electrons. The van der Waals surface area contributed by atoms with Crippen LogP contribution in [0.1, 0.15) is 35.2 Å². The summed E-state index contributed by atoms with van der Waals surface area (Å²) in [7, 11) is 1.67. The highest BCUT2D eigenvalue weighted by molar-refractivity contribution is 5.90. The number of nitrogens with zero attached hydrogens (tertiary/aromatic N) is 5. The Labute approximate surface area is 165 Å². The molecule has 10 heteroatoms. The van der Waals surface area contributed by atoms with Crippen LogP contribution in [0.15, 0.2) is 24.3 Å². The lowest BCUT2D eigenvalue weighted by atomic mass is 9.91. The zero-order valence-corrected chi connectivity index (χ0v) is 16.0. The van der Waals surface area contributed by atoms with E-state index in [2.05, 4.69) is 10.2 Å². The lowest BCUT2D eigenvalue weighted by Crippen LogP contribution is -2.43. The third-order valence-corrected chi connectivity index (χ3v) is 5.64. The van der Waals surface area contributed by atoms with Crippen molar-refractivity contribution in [3.05, 3.63) is 47.0 Å². The van der Waals surface area contributed by atoms with Crippen LogP contribution in [0.3, 0.4) is 0 Å². The van der Waals surface area contributed by atoms with Gasteiger partial charge < -0.3 is 14.4 Å². The Hall–Kier alpha value is -2.91. The minimum Gasteiger partial charge on any atom is -0.338 e. The van der Waals surface area contributed by atoms with Crippen molar-refractivity contribution in [3.63, 3.8) is 0 Å². The number of amides is 2. The fourth-order valence-corrected chi connectivity index (χ4v) is 4.10. The van der Waals surface area contributed by atoms with Gasteiger partial charge in [-0.1, -0.05) is 29.8 Å². The zero-order chi connectivity index (χ0) is 20.9. The number of carbonyl (C=O) groups excluding carboxylic acids is 2. The van der Waals surface area contributed by atoms with Crippen LogP contribution in [0, 0.1) is 12.8 Å². The lowest BCUT2D eigenvalue weighted by Gasteiger charge is -2.32. The second-order valence-electron chi connectivity index (χ2n) is 7.52. The van der Waals surface area contributed by atoms with Gasteiger partial charge in [-0.15, -0.1) is 10.2 Å². The molecule has 3 heterocycles. The minimum atomic E-state index is -4.59. The fraction of sp³-hybridized carbons (Fsp3) is 0.474. The van der Waals surface area contributed by atoms with Crippen molar-refractivity contribution in [1.29, 1.82) is 0 Å². The van der Waals surface area contributed by atoms with Crippen LogP contribution >= 0.6 is 0 Å². The van der Waals surface area contributed by atoms with E-state index in [1.165, 1.54) is 4.90 Å². The first kappa shape index (κ1) is 19.4. The van der Waals surface area contributed by atoms with E-state index in [0.717, 1.165) is 15.7 Å². The number of fused-ring (bicyclic) bond motifs is 1. The van der Waals surface area contributed by atoms with Crippen LogP contribution in [0.2, 0.25) is 0 Å². The first-order valence-corrected chi connectivity index (χ1v) is 9.27. The third kappa shape index (κ3) is 3.36. The molecular weight excluding hydrogens is 387 g/mol. The maximum atomic E-state index is 13.2. The number of halogens is 3. The second-order valence-corrected chi connectivity index (χ2v) is 7.52. The normalized spacial score (nSPS) is 22.2. The van der Waals surface area contributed by atoms with Gasteiger partial charge in [-0.3, -0.25) is 9.59 Å². The summed E-state index contributed by atoms with van der Waals surface area (Å²) in [6.07, 6.45) is -4.51. The van der Waals surface area contributed by atoms with E-state index in [1.54, 1.807) is 11.9 Å². The number of hydrogen-bond acceptors (Lipinski definition) is 4. The predicted molar refractivity (Wildman–Crippen MR) is 95.2 cm³/mol. The van der Waals surface area contributed by atoms with Crippen molar-refractivity contribution in [1.82, 2.24) is 24.6 Å². The summed E-state index contributed by atoms with van der Waals surface area (Å²) >= 11 is 0. The molecule has 2 aliphatic rings. The van der Waals surface area contributed by atoms with Crippen molar-refractivity contribution in [3.8, 4) is 0 Å². The second kappa shape index (κ2) is 6.85. The Morgan fingerprint density at radius 1 is 1.14 bits per heavy atom. The van der Waals surface area contributed by atoms with Gasteiger partial charge in [0.2, 0.25) is 17.6 Å². The largest absolute Gasteiger partial charge is 0.451 e. The topological polar surface area (TPSA) is 71.3 Å². The van der Waals surface area contributed by atoms with E-state index in [-0.39, 0.29) is 43.7 Å². The maximum absolute atomic E-state index is 13.2. The molecular formula is C19H20F3N5O2.